The van der Waals surface area contributed by atoms with Gasteiger partial charge in [-0.1, -0.05) is 41.4 Å². The van der Waals surface area contributed by atoms with E-state index in [1.165, 1.54) is 0 Å². The molecule has 0 radical (unpaired) electrons. The molecule has 0 heterocycles. The summed E-state index contributed by atoms with van der Waals surface area (Å²) in [7, 11) is 0. The number of halogens is 1. The second-order valence-corrected chi connectivity index (χ2v) is 5.42. The molecule has 4 nitrogen and oxygen atoms in total. The van der Waals surface area contributed by atoms with E-state index in [4.69, 9.17) is 21.6 Å². The van der Waals surface area contributed by atoms with Gasteiger partial charge in [0.05, 0.1) is 17.5 Å². The summed E-state index contributed by atoms with van der Waals surface area (Å²) in [6, 6.07) is 16.6. The van der Waals surface area contributed by atoms with Crippen LogP contribution in [0.25, 0.3) is 0 Å². The van der Waals surface area contributed by atoms with Crippen molar-refractivity contribution < 1.29 is 9.53 Å². The highest BCUT2D eigenvalue weighted by molar-refractivity contribution is 6.32. The first-order chi connectivity index (χ1) is 11.1. The van der Waals surface area contributed by atoms with Gasteiger partial charge in [-0.15, -0.1) is 0 Å². The Hall–Kier alpha value is -2.51. The zero-order valence-corrected chi connectivity index (χ0v) is 13.6. The van der Waals surface area contributed by atoms with Crippen molar-refractivity contribution in [2.75, 3.05) is 18.1 Å². The summed E-state index contributed by atoms with van der Waals surface area (Å²) in [6.45, 7) is 2.17. The molecular weight excluding hydrogens is 312 g/mol. The minimum Gasteiger partial charge on any atom is -0.482 e. The minimum atomic E-state index is -0.218. The van der Waals surface area contributed by atoms with E-state index in [9.17, 15) is 4.79 Å². The van der Waals surface area contributed by atoms with Crippen LogP contribution in [0.4, 0.5) is 5.69 Å². The maximum absolute atomic E-state index is 12.5. The topological polar surface area (TPSA) is 53.3 Å². The summed E-state index contributed by atoms with van der Waals surface area (Å²) in [5, 5.41) is 9.25. The molecule has 2 aromatic rings. The Labute approximate surface area is 140 Å². The molecule has 0 aliphatic rings. The second kappa shape index (κ2) is 8.21. The number of benzene rings is 2. The summed E-state index contributed by atoms with van der Waals surface area (Å²) >= 11 is 6.01. The highest BCUT2D eigenvalue weighted by atomic mass is 35.5. The number of anilines is 1. The molecule has 0 aromatic heterocycles. The van der Waals surface area contributed by atoms with Crippen molar-refractivity contribution in [3.05, 3.63) is 59.1 Å². The number of nitriles is 1. The molecule has 118 valence electrons. The average Bonchev–Trinajstić information content (AvgIpc) is 2.56. The lowest BCUT2D eigenvalue weighted by Crippen LogP contribution is -2.35. The molecule has 5 heteroatoms. The molecule has 2 aromatic carbocycles. The van der Waals surface area contributed by atoms with Crippen LogP contribution in [0.1, 0.15) is 12.0 Å². The van der Waals surface area contributed by atoms with E-state index >= 15 is 0 Å². The molecule has 0 atom stereocenters. The van der Waals surface area contributed by atoms with Crippen molar-refractivity contribution in [2.24, 2.45) is 0 Å². The van der Waals surface area contributed by atoms with Gasteiger partial charge in [-0.2, -0.15) is 5.26 Å². The quantitative estimate of drug-likeness (QED) is 0.806. The Morgan fingerprint density at radius 3 is 2.57 bits per heavy atom. The van der Waals surface area contributed by atoms with Gasteiger partial charge in [0.25, 0.3) is 5.91 Å². The fraction of sp³-hybridized carbons (Fsp3) is 0.222. The van der Waals surface area contributed by atoms with Gasteiger partial charge in [0.1, 0.15) is 5.75 Å². The van der Waals surface area contributed by atoms with Crippen molar-refractivity contribution in [3.63, 3.8) is 0 Å². The van der Waals surface area contributed by atoms with E-state index in [-0.39, 0.29) is 18.9 Å². The maximum Gasteiger partial charge on any atom is 0.264 e. The number of carbonyl (C=O) groups is 1. The molecule has 0 spiro atoms. The average molecular weight is 329 g/mol. The largest absolute Gasteiger partial charge is 0.482 e. The van der Waals surface area contributed by atoms with Crippen LogP contribution < -0.4 is 9.64 Å². The number of hydrogen-bond donors (Lipinski definition) is 0. The lowest BCUT2D eigenvalue weighted by Gasteiger charge is -2.22. The predicted octanol–water partition coefficient (Wildman–Crippen LogP) is 3.97. The highest BCUT2D eigenvalue weighted by Crippen LogP contribution is 2.23. The summed E-state index contributed by atoms with van der Waals surface area (Å²) < 4.78 is 5.50. The normalized spacial score (nSPS) is 9.96. The number of amides is 1. The number of para-hydroxylation sites is 1. The van der Waals surface area contributed by atoms with Crippen molar-refractivity contribution in [3.8, 4) is 11.8 Å². The number of carbonyl (C=O) groups excluding carboxylic acids is 1. The van der Waals surface area contributed by atoms with Gasteiger partial charge in [0, 0.05) is 12.2 Å². The molecule has 23 heavy (non-hydrogen) atoms. The fourth-order valence-electron chi connectivity index (χ4n) is 2.06. The zero-order valence-electron chi connectivity index (χ0n) is 12.8. The molecule has 0 aliphatic carbocycles. The molecule has 0 bridgehead atoms. The first kappa shape index (κ1) is 16.9. The Balaban J connectivity index is 2.09. The molecule has 0 N–H and O–H groups in total. The van der Waals surface area contributed by atoms with E-state index in [1.807, 2.05) is 31.2 Å². The van der Waals surface area contributed by atoms with Crippen LogP contribution >= 0.6 is 11.6 Å². The smallest absolute Gasteiger partial charge is 0.264 e. The van der Waals surface area contributed by atoms with Gasteiger partial charge in [-0.3, -0.25) is 4.79 Å². The van der Waals surface area contributed by atoms with E-state index in [2.05, 4.69) is 6.07 Å². The Morgan fingerprint density at radius 1 is 1.22 bits per heavy atom. The molecule has 0 unspecified atom stereocenters. The van der Waals surface area contributed by atoms with Gasteiger partial charge >= 0.3 is 0 Å². The first-order valence-corrected chi connectivity index (χ1v) is 7.61. The third-order valence-corrected chi connectivity index (χ3v) is 3.59. The molecular formula is C18H17ClN2O2. The van der Waals surface area contributed by atoms with Crippen LogP contribution in [0.15, 0.2) is 48.5 Å². The molecule has 0 fully saturated rings. The number of hydrogen-bond acceptors (Lipinski definition) is 3. The second-order valence-electron chi connectivity index (χ2n) is 5.01. The highest BCUT2D eigenvalue weighted by Gasteiger charge is 2.16. The number of ether oxygens (including phenoxy) is 1. The van der Waals surface area contributed by atoms with Crippen LogP contribution in [0.2, 0.25) is 5.02 Å². The molecule has 0 saturated carbocycles. The van der Waals surface area contributed by atoms with Crippen LogP contribution in [0.3, 0.4) is 0 Å². The van der Waals surface area contributed by atoms with Crippen LogP contribution in [-0.4, -0.2) is 19.1 Å². The molecule has 0 saturated heterocycles. The first-order valence-electron chi connectivity index (χ1n) is 7.23. The summed E-state index contributed by atoms with van der Waals surface area (Å²) in [5.41, 5.74) is 1.85. The van der Waals surface area contributed by atoms with Gasteiger partial charge in [0.2, 0.25) is 0 Å². The number of rotatable bonds is 6. The maximum atomic E-state index is 12.5. The standard InChI is InChI=1S/C18H17ClN2O2/c1-14-7-9-15(10-8-14)21(12-4-11-20)18(22)13-23-17-6-3-2-5-16(17)19/h2-3,5-10H,4,12-13H2,1H3. The van der Waals surface area contributed by atoms with Gasteiger partial charge in [-0.25, -0.2) is 0 Å². The van der Waals surface area contributed by atoms with Crippen molar-refractivity contribution >= 4 is 23.2 Å². The van der Waals surface area contributed by atoms with Crippen LogP contribution in [0.5, 0.6) is 5.75 Å². The van der Waals surface area contributed by atoms with E-state index in [0.29, 0.717) is 17.3 Å². The Kier molecular flexibility index (Phi) is 6.02. The Bertz CT molecular complexity index is 708. The van der Waals surface area contributed by atoms with Crippen LogP contribution in [0, 0.1) is 18.3 Å². The van der Waals surface area contributed by atoms with Gasteiger partial charge < -0.3 is 9.64 Å². The third-order valence-electron chi connectivity index (χ3n) is 3.28. The summed E-state index contributed by atoms with van der Waals surface area (Å²) in [4.78, 5) is 14.0. The van der Waals surface area contributed by atoms with Gasteiger partial charge in [-0.05, 0) is 31.2 Å². The van der Waals surface area contributed by atoms with E-state index in [1.54, 1.807) is 29.2 Å². The molecule has 2 rings (SSSR count). The van der Waals surface area contributed by atoms with Crippen molar-refractivity contribution in [2.45, 2.75) is 13.3 Å². The minimum absolute atomic E-state index is 0.136. The lowest BCUT2D eigenvalue weighted by atomic mass is 10.2. The third kappa shape index (κ3) is 4.73. The monoisotopic (exact) mass is 328 g/mol. The molecule has 0 aliphatic heterocycles. The molecule has 1 amide bonds. The van der Waals surface area contributed by atoms with Crippen molar-refractivity contribution in [1.82, 2.24) is 0 Å². The lowest BCUT2D eigenvalue weighted by molar-refractivity contribution is -0.120. The van der Waals surface area contributed by atoms with E-state index < -0.39 is 0 Å². The zero-order chi connectivity index (χ0) is 16.7. The summed E-state index contributed by atoms with van der Waals surface area (Å²) in [5.74, 6) is 0.246. The van der Waals surface area contributed by atoms with Crippen LogP contribution in [-0.2, 0) is 4.79 Å². The fourth-order valence-corrected chi connectivity index (χ4v) is 2.25. The SMILES string of the molecule is Cc1ccc(N(CCC#N)C(=O)COc2ccccc2Cl)cc1. The predicted molar refractivity (Wildman–Crippen MR) is 90.7 cm³/mol. The van der Waals surface area contributed by atoms with Gasteiger partial charge in [0.15, 0.2) is 6.61 Å². The summed E-state index contributed by atoms with van der Waals surface area (Å²) in [6.07, 6.45) is 0.256. The Morgan fingerprint density at radius 2 is 1.91 bits per heavy atom. The number of nitrogens with zero attached hydrogens (tertiary/aromatic N) is 2. The number of aryl methyl sites for hydroxylation is 1. The van der Waals surface area contributed by atoms with Crippen molar-refractivity contribution in [1.29, 1.82) is 5.26 Å². The van der Waals surface area contributed by atoms with E-state index in [0.717, 1.165) is 11.3 Å².